The van der Waals surface area contributed by atoms with Crippen LogP contribution in [0.25, 0.3) is 11.2 Å². The van der Waals surface area contributed by atoms with Gasteiger partial charge < -0.3 is 13.8 Å². The highest BCUT2D eigenvalue weighted by molar-refractivity contribution is 6.16. The molecule has 7 nitrogen and oxygen atoms in total. The Morgan fingerprint density at radius 2 is 2.14 bits per heavy atom. The summed E-state index contributed by atoms with van der Waals surface area (Å²) in [6.07, 6.45) is 0.617. The minimum absolute atomic E-state index is 0.309. The molecule has 0 saturated heterocycles. The lowest BCUT2D eigenvalue weighted by Crippen LogP contribution is -2.07. The highest BCUT2D eigenvalue weighted by Gasteiger charge is 2.13. The number of pyridine rings is 1. The molecule has 110 valence electrons. The molecule has 0 atom stereocenters. The number of hydrogen-bond donors (Lipinski definition) is 0. The van der Waals surface area contributed by atoms with Crippen molar-refractivity contribution in [3.8, 4) is 5.88 Å². The monoisotopic (exact) mass is 307 g/mol. The fourth-order valence-corrected chi connectivity index (χ4v) is 2.34. The highest BCUT2D eigenvalue weighted by atomic mass is 35.5. The van der Waals surface area contributed by atoms with Crippen LogP contribution in [0.15, 0.2) is 16.7 Å². The molecule has 0 spiro atoms. The summed E-state index contributed by atoms with van der Waals surface area (Å²) < 4.78 is 12.1. The van der Waals surface area contributed by atoms with Gasteiger partial charge in [0.1, 0.15) is 11.3 Å². The number of halogens is 1. The number of methoxy groups -OCH3 is 1. The Balaban J connectivity index is 1.94. The predicted octanol–water partition coefficient (Wildman–Crippen LogP) is 2.11. The largest absolute Gasteiger partial charge is 0.481 e. The van der Waals surface area contributed by atoms with Gasteiger partial charge in [0.25, 0.3) is 0 Å². The molecule has 8 heteroatoms. The van der Waals surface area contributed by atoms with E-state index in [1.807, 2.05) is 10.6 Å². The third-order valence-electron chi connectivity index (χ3n) is 3.10. The number of nitrogens with zero attached hydrogens (tertiary/aromatic N) is 5. The van der Waals surface area contributed by atoms with E-state index >= 15 is 0 Å². The van der Waals surface area contributed by atoms with E-state index in [4.69, 9.17) is 20.9 Å². The lowest BCUT2D eigenvalue weighted by atomic mass is 10.4. The SMILES string of the molecule is COc1ccc2nc(CCl)n(CCc3noc(C)n3)c2n1. The van der Waals surface area contributed by atoms with Crippen molar-refractivity contribution in [2.24, 2.45) is 0 Å². The molecule has 3 aromatic heterocycles. The maximum atomic E-state index is 5.97. The van der Waals surface area contributed by atoms with Crippen molar-refractivity contribution in [2.75, 3.05) is 7.11 Å². The molecular weight excluding hydrogens is 294 g/mol. The minimum atomic E-state index is 0.309. The normalized spacial score (nSPS) is 11.2. The molecule has 0 aliphatic rings. The Bertz CT molecular complexity index is 767. The average Bonchev–Trinajstić information content (AvgIpc) is 3.07. The van der Waals surface area contributed by atoms with Crippen molar-refractivity contribution in [2.45, 2.75) is 25.8 Å². The molecular formula is C13H14ClN5O2. The van der Waals surface area contributed by atoms with Crippen LogP contribution in [0.4, 0.5) is 0 Å². The first-order valence-electron chi connectivity index (χ1n) is 6.46. The van der Waals surface area contributed by atoms with Gasteiger partial charge in [-0.3, -0.25) is 0 Å². The molecule has 3 rings (SSSR count). The molecule has 21 heavy (non-hydrogen) atoms. The minimum Gasteiger partial charge on any atom is -0.481 e. The fourth-order valence-electron chi connectivity index (χ4n) is 2.14. The van der Waals surface area contributed by atoms with Crippen molar-refractivity contribution >= 4 is 22.8 Å². The third-order valence-corrected chi connectivity index (χ3v) is 3.34. The van der Waals surface area contributed by atoms with Crippen LogP contribution in [0.2, 0.25) is 0 Å². The molecule has 0 aromatic carbocycles. The van der Waals surface area contributed by atoms with Crippen LogP contribution in [0.5, 0.6) is 5.88 Å². The van der Waals surface area contributed by atoms with Crippen LogP contribution in [0.3, 0.4) is 0 Å². The predicted molar refractivity (Wildman–Crippen MR) is 76.4 cm³/mol. The number of aryl methyl sites for hydroxylation is 3. The summed E-state index contributed by atoms with van der Waals surface area (Å²) in [4.78, 5) is 13.1. The molecule has 0 bridgehead atoms. The van der Waals surface area contributed by atoms with E-state index < -0.39 is 0 Å². The highest BCUT2D eigenvalue weighted by Crippen LogP contribution is 2.19. The Hall–Kier alpha value is -2.15. The van der Waals surface area contributed by atoms with Gasteiger partial charge in [0, 0.05) is 26.0 Å². The second-order valence-corrected chi connectivity index (χ2v) is 4.76. The van der Waals surface area contributed by atoms with Gasteiger partial charge in [-0.1, -0.05) is 5.16 Å². The van der Waals surface area contributed by atoms with Crippen molar-refractivity contribution in [1.29, 1.82) is 0 Å². The number of aromatic nitrogens is 5. The van der Waals surface area contributed by atoms with Gasteiger partial charge in [-0.15, -0.1) is 11.6 Å². The molecule has 3 aromatic rings. The second-order valence-electron chi connectivity index (χ2n) is 4.49. The van der Waals surface area contributed by atoms with E-state index in [0.717, 1.165) is 17.0 Å². The number of alkyl halides is 1. The zero-order valence-electron chi connectivity index (χ0n) is 11.7. The topological polar surface area (TPSA) is 78.9 Å². The van der Waals surface area contributed by atoms with Gasteiger partial charge in [0.15, 0.2) is 11.5 Å². The quantitative estimate of drug-likeness (QED) is 0.672. The first-order valence-corrected chi connectivity index (χ1v) is 7.00. The molecule has 0 amide bonds. The van der Waals surface area contributed by atoms with E-state index in [0.29, 0.717) is 36.4 Å². The molecule has 0 radical (unpaired) electrons. The standard InChI is InChI=1S/C13H14ClN5O2/c1-8-15-10(18-21-8)5-6-19-11(7-14)16-9-3-4-12(20-2)17-13(9)19/h3-4H,5-7H2,1-2H3. The summed E-state index contributed by atoms with van der Waals surface area (Å²) >= 11 is 5.97. The van der Waals surface area contributed by atoms with Gasteiger partial charge in [-0.25, -0.2) is 4.98 Å². The van der Waals surface area contributed by atoms with E-state index in [9.17, 15) is 0 Å². The molecule has 0 aliphatic carbocycles. The van der Waals surface area contributed by atoms with Gasteiger partial charge in [0.05, 0.1) is 13.0 Å². The van der Waals surface area contributed by atoms with Crippen molar-refractivity contribution in [3.63, 3.8) is 0 Å². The Kier molecular flexibility index (Phi) is 3.74. The van der Waals surface area contributed by atoms with Gasteiger partial charge in [-0.05, 0) is 6.07 Å². The second kappa shape index (κ2) is 5.69. The first-order chi connectivity index (χ1) is 10.2. The summed E-state index contributed by atoms with van der Waals surface area (Å²) in [5.41, 5.74) is 1.53. The van der Waals surface area contributed by atoms with Gasteiger partial charge in [0.2, 0.25) is 11.8 Å². The number of rotatable bonds is 5. The molecule has 0 N–H and O–H groups in total. The van der Waals surface area contributed by atoms with Crippen LogP contribution < -0.4 is 4.74 Å². The Morgan fingerprint density at radius 1 is 1.29 bits per heavy atom. The smallest absolute Gasteiger partial charge is 0.223 e. The van der Waals surface area contributed by atoms with Gasteiger partial charge in [-0.2, -0.15) is 9.97 Å². The number of ether oxygens (including phenoxy) is 1. The lowest BCUT2D eigenvalue weighted by molar-refractivity contribution is 0.386. The molecule has 0 aliphatic heterocycles. The zero-order valence-corrected chi connectivity index (χ0v) is 12.5. The Morgan fingerprint density at radius 3 is 2.81 bits per heavy atom. The van der Waals surface area contributed by atoms with Crippen molar-refractivity contribution < 1.29 is 9.26 Å². The molecule has 0 unspecified atom stereocenters. The summed E-state index contributed by atoms with van der Waals surface area (Å²) in [5, 5.41) is 3.89. The third kappa shape index (κ3) is 2.69. The summed E-state index contributed by atoms with van der Waals surface area (Å²) in [7, 11) is 1.58. The van der Waals surface area contributed by atoms with Crippen LogP contribution >= 0.6 is 11.6 Å². The van der Waals surface area contributed by atoms with Crippen LogP contribution in [-0.4, -0.2) is 31.8 Å². The maximum Gasteiger partial charge on any atom is 0.223 e. The van der Waals surface area contributed by atoms with Gasteiger partial charge >= 0.3 is 0 Å². The average molecular weight is 308 g/mol. The zero-order chi connectivity index (χ0) is 14.8. The summed E-state index contributed by atoms with van der Waals surface area (Å²) in [5.74, 6) is 2.81. The van der Waals surface area contributed by atoms with Crippen LogP contribution in [0.1, 0.15) is 17.5 Å². The van der Waals surface area contributed by atoms with E-state index in [-0.39, 0.29) is 0 Å². The number of hydrogen-bond acceptors (Lipinski definition) is 6. The Labute approximate surface area is 125 Å². The number of imidazole rings is 1. The van der Waals surface area contributed by atoms with E-state index in [1.54, 1.807) is 20.1 Å². The van der Waals surface area contributed by atoms with Crippen molar-refractivity contribution in [1.82, 2.24) is 24.7 Å². The first kappa shape index (κ1) is 13.8. The summed E-state index contributed by atoms with van der Waals surface area (Å²) in [6, 6.07) is 3.65. The molecule has 0 fully saturated rings. The van der Waals surface area contributed by atoms with E-state index in [1.165, 1.54) is 0 Å². The summed E-state index contributed by atoms with van der Waals surface area (Å²) in [6.45, 7) is 2.39. The fraction of sp³-hybridized carbons (Fsp3) is 0.385. The van der Waals surface area contributed by atoms with E-state index in [2.05, 4.69) is 20.1 Å². The maximum absolute atomic E-state index is 5.97. The van der Waals surface area contributed by atoms with Crippen molar-refractivity contribution in [3.05, 3.63) is 29.7 Å². The molecule has 3 heterocycles. The number of fused-ring (bicyclic) bond motifs is 1. The lowest BCUT2D eigenvalue weighted by Gasteiger charge is -2.05. The van der Waals surface area contributed by atoms with Crippen LogP contribution in [0, 0.1) is 6.92 Å². The molecule has 0 saturated carbocycles. The van der Waals surface area contributed by atoms with Crippen LogP contribution in [-0.2, 0) is 18.8 Å².